The number of ether oxygens (including phenoxy) is 2. The van der Waals surface area contributed by atoms with Gasteiger partial charge in [0, 0.05) is 73.0 Å². The SMILES string of the molecule is COc1ccccc1CN(C(=O)c1cc(-c2cc(C#N)ccc2C(=O)N2Cc3ccccc3C[C@H]2CN2CCOCC2)n(C)c1C)c1ccc(O)cc1. The zero-order valence-electron chi connectivity index (χ0n) is 30.3. The van der Waals surface area contributed by atoms with Gasteiger partial charge in [-0.2, -0.15) is 5.26 Å². The Morgan fingerprint density at radius 3 is 2.40 bits per heavy atom. The van der Waals surface area contributed by atoms with Crippen molar-refractivity contribution in [2.45, 2.75) is 32.5 Å². The first-order chi connectivity index (χ1) is 25.7. The Labute approximate surface area is 310 Å². The Bertz CT molecular complexity index is 2180. The summed E-state index contributed by atoms with van der Waals surface area (Å²) in [5, 5.41) is 20.0. The molecule has 0 saturated carbocycles. The molecule has 0 radical (unpaired) electrons. The van der Waals surface area contributed by atoms with E-state index in [1.54, 1.807) is 54.5 Å². The van der Waals surface area contributed by atoms with E-state index in [9.17, 15) is 20.0 Å². The maximum atomic E-state index is 14.9. The minimum absolute atomic E-state index is 0.0554. The Hall–Kier alpha value is -5.89. The van der Waals surface area contributed by atoms with Gasteiger partial charge in [-0.05, 0) is 79.1 Å². The van der Waals surface area contributed by atoms with Crippen LogP contribution in [-0.4, -0.2) is 77.3 Å². The summed E-state index contributed by atoms with van der Waals surface area (Å²) in [6, 6.07) is 31.6. The third-order valence-electron chi connectivity index (χ3n) is 10.5. The molecule has 10 nitrogen and oxygen atoms in total. The van der Waals surface area contributed by atoms with Crippen LogP contribution in [0.2, 0.25) is 0 Å². The lowest BCUT2D eigenvalue weighted by Crippen LogP contribution is -2.52. The van der Waals surface area contributed by atoms with Crippen LogP contribution in [-0.2, 0) is 31.3 Å². The molecule has 0 bridgehead atoms. The van der Waals surface area contributed by atoms with Gasteiger partial charge < -0.3 is 28.9 Å². The standard InChI is InChI=1S/C43H43N5O5/c1-29-38(43(51)47(34-13-15-36(49)16-14-34)27-33-10-6-7-11-41(33)52-3)24-40(45(29)2)39-22-30(25-44)12-17-37(39)42(50)48-26-32-9-5-4-8-31(32)23-35(48)28-46-18-20-53-21-19-46/h4-17,22,24,35,49H,18-21,23,26-28H2,1-3H3/t35-/m0/s1. The molecule has 1 N–H and O–H groups in total. The summed E-state index contributed by atoms with van der Waals surface area (Å²) >= 11 is 0. The van der Waals surface area contributed by atoms with Crippen molar-refractivity contribution < 1.29 is 24.2 Å². The van der Waals surface area contributed by atoms with Crippen LogP contribution in [0.4, 0.5) is 5.69 Å². The van der Waals surface area contributed by atoms with Gasteiger partial charge in [0.05, 0.1) is 44.1 Å². The predicted molar refractivity (Wildman–Crippen MR) is 203 cm³/mol. The first kappa shape index (κ1) is 35.5. The number of anilines is 1. The highest BCUT2D eigenvalue weighted by Gasteiger charge is 2.34. The number of benzene rings is 4. The third kappa shape index (κ3) is 7.27. The highest BCUT2D eigenvalue weighted by Crippen LogP contribution is 2.34. The van der Waals surface area contributed by atoms with Crippen molar-refractivity contribution in [3.05, 3.63) is 136 Å². The van der Waals surface area contributed by atoms with Gasteiger partial charge in [-0.15, -0.1) is 0 Å². The first-order valence-corrected chi connectivity index (χ1v) is 17.9. The monoisotopic (exact) mass is 709 g/mol. The molecule has 53 heavy (non-hydrogen) atoms. The lowest BCUT2D eigenvalue weighted by Gasteiger charge is -2.40. The third-order valence-corrected chi connectivity index (χ3v) is 10.5. The number of nitrogens with zero attached hydrogens (tertiary/aromatic N) is 5. The number of phenolic OH excluding ortho intramolecular Hbond substituents is 1. The van der Waals surface area contributed by atoms with Gasteiger partial charge in [0.15, 0.2) is 0 Å². The maximum absolute atomic E-state index is 14.9. The van der Waals surface area contributed by atoms with Crippen molar-refractivity contribution in [1.29, 1.82) is 5.26 Å². The number of amides is 2. The van der Waals surface area contributed by atoms with E-state index < -0.39 is 0 Å². The molecule has 1 fully saturated rings. The Morgan fingerprint density at radius 1 is 0.943 bits per heavy atom. The van der Waals surface area contributed by atoms with E-state index in [0.29, 0.717) is 64.8 Å². The number of hydrogen-bond donors (Lipinski definition) is 1. The Morgan fingerprint density at radius 2 is 1.66 bits per heavy atom. The molecule has 1 aromatic heterocycles. The number of para-hydroxylation sites is 1. The lowest BCUT2D eigenvalue weighted by atomic mass is 9.91. The summed E-state index contributed by atoms with van der Waals surface area (Å²) in [5.74, 6) is 0.364. The molecule has 1 saturated heterocycles. The lowest BCUT2D eigenvalue weighted by molar-refractivity contribution is 0.0193. The number of nitriles is 1. The Kier molecular flexibility index (Phi) is 10.3. The largest absolute Gasteiger partial charge is 0.508 e. The molecule has 4 aromatic carbocycles. The minimum atomic E-state index is -0.261. The molecule has 1 atom stereocenters. The van der Waals surface area contributed by atoms with Gasteiger partial charge in [-0.25, -0.2) is 0 Å². The molecule has 10 heteroatoms. The summed E-state index contributed by atoms with van der Waals surface area (Å²) < 4.78 is 13.1. The fourth-order valence-corrected chi connectivity index (χ4v) is 7.47. The molecule has 270 valence electrons. The molecule has 2 aliphatic heterocycles. The normalized spacial score (nSPS) is 15.7. The van der Waals surface area contributed by atoms with Gasteiger partial charge in [-0.3, -0.25) is 14.5 Å². The molecule has 2 aliphatic rings. The summed E-state index contributed by atoms with van der Waals surface area (Å²) in [7, 11) is 3.47. The zero-order chi connectivity index (χ0) is 37.1. The van der Waals surface area contributed by atoms with Gasteiger partial charge in [0.2, 0.25) is 0 Å². The average Bonchev–Trinajstić information content (AvgIpc) is 3.49. The quantitative estimate of drug-likeness (QED) is 0.190. The number of aromatic nitrogens is 1. The van der Waals surface area contributed by atoms with E-state index in [1.807, 2.05) is 59.8 Å². The number of fused-ring (bicyclic) bond motifs is 1. The van der Waals surface area contributed by atoms with Crippen LogP contribution in [0.3, 0.4) is 0 Å². The fourth-order valence-electron chi connectivity index (χ4n) is 7.47. The number of carbonyl (C=O) groups is 2. The number of hydrogen-bond acceptors (Lipinski definition) is 7. The van der Waals surface area contributed by atoms with Gasteiger partial charge in [0.1, 0.15) is 11.5 Å². The summed E-state index contributed by atoms with van der Waals surface area (Å²) in [5.41, 5.74) is 7.06. The van der Waals surface area contributed by atoms with Crippen molar-refractivity contribution in [3.63, 3.8) is 0 Å². The van der Waals surface area contributed by atoms with Crippen LogP contribution in [0.25, 0.3) is 11.3 Å². The van der Waals surface area contributed by atoms with Crippen molar-refractivity contribution >= 4 is 17.5 Å². The van der Waals surface area contributed by atoms with E-state index in [-0.39, 0.29) is 30.2 Å². The summed E-state index contributed by atoms with van der Waals surface area (Å²) in [6.45, 7) is 6.29. The topological polar surface area (TPSA) is 111 Å². The number of rotatable bonds is 9. The molecular formula is C43H43N5O5. The van der Waals surface area contributed by atoms with Crippen molar-refractivity contribution in [2.24, 2.45) is 7.05 Å². The van der Waals surface area contributed by atoms with Crippen LogP contribution >= 0.6 is 0 Å². The Balaban J connectivity index is 1.28. The predicted octanol–water partition coefficient (Wildman–Crippen LogP) is 6.33. The number of methoxy groups -OCH3 is 1. The fraction of sp³-hybridized carbons (Fsp3) is 0.279. The highest BCUT2D eigenvalue weighted by molar-refractivity contribution is 6.08. The molecular weight excluding hydrogens is 667 g/mol. The van der Waals surface area contributed by atoms with E-state index in [2.05, 4.69) is 29.2 Å². The molecule has 0 unspecified atom stereocenters. The van der Waals surface area contributed by atoms with Crippen LogP contribution in [0.15, 0.2) is 97.1 Å². The molecule has 2 amide bonds. The van der Waals surface area contributed by atoms with E-state index in [4.69, 9.17) is 9.47 Å². The van der Waals surface area contributed by atoms with Crippen molar-refractivity contribution in [2.75, 3.05) is 44.9 Å². The van der Waals surface area contributed by atoms with Crippen molar-refractivity contribution in [1.82, 2.24) is 14.4 Å². The number of carbonyl (C=O) groups excluding carboxylic acids is 2. The van der Waals surface area contributed by atoms with Crippen LogP contribution in [0.1, 0.15) is 48.7 Å². The molecule has 0 spiro atoms. The molecule has 0 aliphatic carbocycles. The highest BCUT2D eigenvalue weighted by atomic mass is 16.5. The van der Waals surface area contributed by atoms with E-state index in [0.717, 1.165) is 37.2 Å². The summed E-state index contributed by atoms with van der Waals surface area (Å²) in [4.78, 5) is 35.5. The second kappa shape index (κ2) is 15.4. The van der Waals surface area contributed by atoms with Gasteiger partial charge in [0.25, 0.3) is 11.8 Å². The van der Waals surface area contributed by atoms with E-state index >= 15 is 0 Å². The smallest absolute Gasteiger partial charge is 0.260 e. The second-order valence-corrected chi connectivity index (χ2v) is 13.7. The first-order valence-electron chi connectivity index (χ1n) is 17.9. The van der Waals surface area contributed by atoms with Crippen LogP contribution < -0.4 is 9.64 Å². The summed E-state index contributed by atoms with van der Waals surface area (Å²) in [6.07, 6.45) is 0.742. The molecule has 7 rings (SSSR count). The van der Waals surface area contributed by atoms with Gasteiger partial charge in [-0.1, -0.05) is 42.5 Å². The van der Waals surface area contributed by atoms with Gasteiger partial charge >= 0.3 is 0 Å². The van der Waals surface area contributed by atoms with Crippen LogP contribution in [0.5, 0.6) is 11.5 Å². The van der Waals surface area contributed by atoms with Crippen LogP contribution in [0, 0.1) is 18.3 Å². The molecule has 3 heterocycles. The number of aromatic hydroxyl groups is 1. The maximum Gasteiger partial charge on any atom is 0.260 e. The number of morpholine rings is 1. The average molecular weight is 710 g/mol. The number of phenols is 1. The minimum Gasteiger partial charge on any atom is -0.508 e. The van der Waals surface area contributed by atoms with E-state index in [1.165, 1.54) is 5.56 Å². The zero-order valence-corrected chi connectivity index (χ0v) is 30.3. The molecule has 5 aromatic rings. The second-order valence-electron chi connectivity index (χ2n) is 13.7. The van der Waals surface area contributed by atoms with Crippen molar-refractivity contribution in [3.8, 4) is 28.8 Å².